The van der Waals surface area contributed by atoms with Gasteiger partial charge in [0.1, 0.15) is 0 Å². The number of hydrogen-bond donors (Lipinski definition) is 1. The lowest BCUT2D eigenvalue weighted by atomic mass is 9.79. The van der Waals surface area contributed by atoms with Crippen molar-refractivity contribution in [1.82, 2.24) is 0 Å². The third kappa shape index (κ3) is 3.98. The van der Waals surface area contributed by atoms with Crippen LogP contribution in [0.25, 0.3) is 0 Å². The molecule has 2 unspecified atom stereocenters. The monoisotopic (exact) mass is 237 g/mol. The zero-order valence-electron chi connectivity index (χ0n) is 11.9. The van der Waals surface area contributed by atoms with Gasteiger partial charge in [0.2, 0.25) is 0 Å². The fourth-order valence-corrected chi connectivity index (χ4v) is 3.89. The van der Waals surface area contributed by atoms with Gasteiger partial charge < -0.3 is 5.73 Å². The van der Waals surface area contributed by atoms with Gasteiger partial charge in [0.25, 0.3) is 0 Å². The van der Waals surface area contributed by atoms with E-state index in [1.165, 1.54) is 64.2 Å². The summed E-state index contributed by atoms with van der Waals surface area (Å²) in [4.78, 5) is 0. The molecule has 2 saturated carbocycles. The fourth-order valence-electron chi connectivity index (χ4n) is 3.89. The van der Waals surface area contributed by atoms with E-state index in [-0.39, 0.29) is 5.54 Å². The smallest absolute Gasteiger partial charge is 0.0128 e. The normalized spacial score (nSPS) is 36.5. The maximum atomic E-state index is 6.41. The first kappa shape index (κ1) is 13.4. The summed E-state index contributed by atoms with van der Waals surface area (Å²) in [5.74, 6) is 2.78. The van der Waals surface area contributed by atoms with Crippen LogP contribution in [0.5, 0.6) is 0 Å². The van der Waals surface area contributed by atoms with E-state index >= 15 is 0 Å². The van der Waals surface area contributed by atoms with Crippen molar-refractivity contribution >= 4 is 0 Å². The standard InChI is InChI=1S/C16H31N/c1-16(2,17)15-11-9-7-5-3-4-6-8-10-13-12-14(13)15/h13-15H,3-12,17H2,1-2H3/t13?,14-,15?/m1/s1. The van der Waals surface area contributed by atoms with Gasteiger partial charge in [-0.2, -0.15) is 0 Å². The van der Waals surface area contributed by atoms with Crippen LogP contribution < -0.4 is 5.73 Å². The Morgan fingerprint density at radius 3 is 1.94 bits per heavy atom. The van der Waals surface area contributed by atoms with Crippen molar-refractivity contribution in [2.75, 3.05) is 0 Å². The molecule has 2 N–H and O–H groups in total. The molecule has 2 aliphatic rings. The molecular formula is C16H31N. The molecule has 0 spiro atoms. The Balaban J connectivity index is 1.90. The van der Waals surface area contributed by atoms with Crippen LogP contribution >= 0.6 is 0 Å². The third-order valence-electron chi connectivity index (χ3n) is 5.04. The van der Waals surface area contributed by atoms with E-state index in [4.69, 9.17) is 5.73 Å². The van der Waals surface area contributed by atoms with E-state index in [1.807, 2.05) is 0 Å². The van der Waals surface area contributed by atoms with Crippen molar-refractivity contribution < 1.29 is 0 Å². The number of rotatable bonds is 1. The maximum absolute atomic E-state index is 6.41. The molecule has 0 aromatic rings. The Bertz CT molecular complexity index is 228. The van der Waals surface area contributed by atoms with Gasteiger partial charge in [-0.05, 0) is 44.4 Å². The first-order valence-corrected chi connectivity index (χ1v) is 7.88. The van der Waals surface area contributed by atoms with Gasteiger partial charge in [0, 0.05) is 5.54 Å². The summed E-state index contributed by atoms with van der Waals surface area (Å²) in [7, 11) is 0. The van der Waals surface area contributed by atoms with Crippen LogP contribution in [0.4, 0.5) is 0 Å². The molecule has 0 bridgehead atoms. The van der Waals surface area contributed by atoms with Crippen LogP contribution in [0, 0.1) is 17.8 Å². The molecule has 2 fully saturated rings. The van der Waals surface area contributed by atoms with Gasteiger partial charge in [-0.15, -0.1) is 0 Å². The Hall–Kier alpha value is -0.0400. The van der Waals surface area contributed by atoms with E-state index in [0.717, 1.165) is 17.8 Å². The van der Waals surface area contributed by atoms with Crippen molar-refractivity contribution in [3.63, 3.8) is 0 Å². The predicted molar refractivity (Wildman–Crippen MR) is 74.9 cm³/mol. The van der Waals surface area contributed by atoms with E-state index < -0.39 is 0 Å². The Morgan fingerprint density at radius 1 is 0.824 bits per heavy atom. The van der Waals surface area contributed by atoms with Crippen molar-refractivity contribution in [3.05, 3.63) is 0 Å². The van der Waals surface area contributed by atoms with Crippen LogP contribution in [0.1, 0.15) is 78.1 Å². The largest absolute Gasteiger partial charge is 0.325 e. The van der Waals surface area contributed by atoms with Crippen molar-refractivity contribution in [3.8, 4) is 0 Å². The first-order chi connectivity index (χ1) is 8.09. The topological polar surface area (TPSA) is 26.0 Å². The quantitative estimate of drug-likeness (QED) is 0.714. The highest BCUT2D eigenvalue weighted by Gasteiger charge is 2.46. The summed E-state index contributed by atoms with van der Waals surface area (Å²) in [5.41, 5.74) is 6.45. The van der Waals surface area contributed by atoms with Gasteiger partial charge >= 0.3 is 0 Å². The van der Waals surface area contributed by atoms with Crippen LogP contribution in [-0.2, 0) is 0 Å². The molecule has 100 valence electrons. The fraction of sp³-hybridized carbons (Fsp3) is 1.00. The average molecular weight is 237 g/mol. The van der Waals surface area contributed by atoms with E-state index in [2.05, 4.69) is 13.8 Å². The van der Waals surface area contributed by atoms with Crippen molar-refractivity contribution in [1.29, 1.82) is 0 Å². The summed E-state index contributed by atoms with van der Waals surface area (Å²) in [6.45, 7) is 4.50. The molecule has 3 atom stereocenters. The molecule has 2 rings (SSSR count). The zero-order chi connectivity index (χ0) is 12.3. The van der Waals surface area contributed by atoms with Gasteiger partial charge in [-0.3, -0.25) is 0 Å². The minimum atomic E-state index is 0.0452. The summed E-state index contributed by atoms with van der Waals surface area (Å²) in [6.07, 6.45) is 14.5. The molecule has 2 aliphatic carbocycles. The third-order valence-corrected chi connectivity index (χ3v) is 5.04. The second-order valence-corrected chi connectivity index (χ2v) is 7.14. The van der Waals surface area contributed by atoms with Crippen LogP contribution in [-0.4, -0.2) is 5.54 Å². The molecule has 0 saturated heterocycles. The van der Waals surface area contributed by atoms with Crippen molar-refractivity contribution in [2.24, 2.45) is 23.5 Å². The zero-order valence-corrected chi connectivity index (χ0v) is 11.9. The minimum Gasteiger partial charge on any atom is -0.325 e. The highest BCUT2D eigenvalue weighted by molar-refractivity contribution is 4.98. The van der Waals surface area contributed by atoms with Crippen molar-refractivity contribution in [2.45, 2.75) is 83.6 Å². The summed E-state index contributed by atoms with van der Waals surface area (Å²) in [5, 5.41) is 0. The lowest BCUT2D eigenvalue weighted by Gasteiger charge is -2.31. The first-order valence-electron chi connectivity index (χ1n) is 7.88. The Morgan fingerprint density at radius 2 is 1.35 bits per heavy atom. The van der Waals surface area contributed by atoms with E-state index in [9.17, 15) is 0 Å². The molecule has 0 aliphatic heterocycles. The van der Waals surface area contributed by atoms with Crippen LogP contribution in [0.15, 0.2) is 0 Å². The molecule has 0 aromatic heterocycles. The molecule has 1 heteroatoms. The molecule has 0 amide bonds. The number of nitrogens with two attached hydrogens (primary N) is 1. The maximum Gasteiger partial charge on any atom is 0.0128 e. The number of hydrogen-bond acceptors (Lipinski definition) is 1. The second-order valence-electron chi connectivity index (χ2n) is 7.14. The lowest BCUT2D eigenvalue weighted by Crippen LogP contribution is -2.42. The van der Waals surface area contributed by atoms with E-state index in [1.54, 1.807) is 0 Å². The molecular weight excluding hydrogens is 206 g/mol. The summed E-state index contributed by atoms with van der Waals surface area (Å²) in [6, 6.07) is 0. The average Bonchev–Trinajstić information content (AvgIpc) is 2.95. The summed E-state index contributed by atoms with van der Waals surface area (Å²) < 4.78 is 0. The molecule has 0 aromatic carbocycles. The molecule has 17 heavy (non-hydrogen) atoms. The van der Waals surface area contributed by atoms with E-state index in [0.29, 0.717) is 0 Å². The molecule has 1 nitrogen and oxygen atoms in total. The van der Waals surface area contributed by atoms with Gasteiger partial charge in [-0.1, -0.05) is 51.4 Å². The Labute approximate surface area is 108 Å². The lowest BCUT2D eigenvalue weighted by molar-refractivity contribution is 0.245. The molecule has 0 radical (unpaired) electrons. The van der Waals surface area contributed by atoms with Gasteiger partial charge in [0.05, 0.1) is 0 Å². The van der Waals surface area contributed by atoms with Gasteiger partial charge in [-0.25, -0.2) is 0 Å². The van der Waals surface area contributed by atoms with Crippen LogP contribution in [0.3, 0.4) is 0 Å². The molecule has 0 heterocycles. The summed E-state index contributed by atoms with van der Waals surface area (Å²) >= 11 is 0. The van der Waals surface area contributed by atoms with Crippen LogP contribution in [0.2, 0.25) is 0 Å². The second kappa shape index (κ2) is 5.73. The highest BCUT2D eigenvalue weighted by atomic mass is 14.7. The predicted octanol–water partition coefficient (Wildman–Crippen LogP) is 4.50. The SMILES string of the molecule is CC(C)(N)C1CCCCCCCCCC2C[C@H]21. The minimum absolute atomic E-state index is 0.0452. The van der Waals surface area contributed by atoms with Gasteiger partial charge in [0.15, 0.2) is 0 Å². The Kier molecular flexibility index (Phi) is 4.52. The highest BCUT2D eigenvalue weighted by Crippen LogP contribution is 2.51. The number of fused-ring (bicyclic) bond motifs is 1.